The van der Waals surface area contributed by atoms with Crippen LogP contribution >= 0.6 is 22.6 Å². The van der Waals surface area contributed by atoms with Crippen LogP contribution in [0, 0.1) is 5.41 Å². The Morgan fingerprint density at radius 1 is 1.12 bits per heavy atom. The Bertz CT molecular complexity index is 590. The second-order valence-electron chi connectivity index (χ2n) is 5.96. The van der Waals surface area contributed by atoms with Crippen LogP contribution in [-0.4, -0.2) is 35.3 Å². The highest BCUT2D eigenvalue weighted by atomic mass is 127. The van der Waals surface area contributed by atoms with Crippen molar-refractivity contribution in [2.24, 2.45) is 5.41 Å². The number of carbonyl (C=O) groups excluding carboxylic acids is 3. The van der Waals surface area contributed by atoms with Crippen LogP contribution in [0.25, 0.3) is 0 Å². The summed E-state index contributed by atoms with van der Waals surface area (Å²) in [5.41, 5.74) is -0.127. The summed E-state index contributed by atoms with van der Waals surface area (Å²) >= 11 is 1.91. The molecular weight excluding hydrogens is 441 g/mol. The topological polar surface area (TPSA) is 90.9 Å². The molecule has 0 saturated carbocycles. The maximum atomic E-state index is 11.9. The number of amides is 1. The van der Waals surface area contributed by atoms with E-state index < -0.39 is 29.5 Å². The van der Waals surface area contributed by atoms with Crippen molar-refractivity contribution in [3.63, 3.8) is 0 Å². The van der Waals surface area contributed by atoms with Crippen LogP contribution in [0.4, 0.5) is 4.79 Å². The Morgan fingerprint density at radius 2 is 1.76 bits per heavy atom. The minimum absolute atomic E-state index is 0.101. The smallest absolute Gasteiger partial charge is 0.408 e. The number of rotatable bonds is 8. The van der Waals surface area contributed by atoms with Crippen LogP contribution in [0.3, 0.4) is 0 Å². The molecule has 0 aliphatic carbocycles. The summed E-state index contributed by atoms with van der Waals surface area (Å²) < 4.78 is 15.2. The molecule has 0 saturated heterocycles. The van der Waals surface area contributed by atoms with E-state index in [1.165, 1.54) is 6.92 Å². The van der Waals surface area contributed by atoms with Gasteiger partial charge < -0.3 is 19.5 Å². The summed E-state index contributed by atoms with van der Waals surface area (Å²) in [5, 5.41) is 2.39. The summed E-state index contributed by atoms with van der Waals surface area (Å²) in [5.74, 6) is -1.12. The minimum Gasteiger partial charge on any atom is -0.463 e. The third-order valence-electron chi connectivity index (χ3n) is 3.21. The monoisotopic (exact) mass is 463 g/mol. The zero-order chi connectivity index (χ0) is 18.9. The number of ether oxygens (including phenoxy) is 3. The maximum Gasteiger partial charge on any atom is 0.408 e. The fourth-order valence-electron chi connectivity index (χ4n) is 1.68. The Balaban J connectivity index is 2.38. The Kier molecular flexibility index (Phi) is 8.67. The fraction of sp³-hybridized carbons (Fsp3) is 0.471. The molecule has 8 heteroatoms. The molecule has 0 spiro atoms. The number of alkyl halides is 1. The SMILES string of the molecule is C[C@H](NC(=O)OCc1ccccc1)C(=O)OCC(C)(C)C(=O)OCI. The molecule has 0 radical (unpaired) electrons. The summed E-state index contributed by atoms with van der Waals surface area (Å²) in [6.07, 6.45) is -0.725. The molecule has 1 aromatic rings. The molecule has 1 aromatic carbocycles. The predicted octanol–water partition coefficient (Wildman–Crippen LogP) is 2.81. The van der Waals surface area contributed by atoms with Gasteiger partial charge in [0.05, 0.1) is 5.41 Å². The number of nitrogens with one attached hydrogen (secondary N) is 1. The van der Waals surface area contributed by atoms with E-state index in [0.717, 1.165) is 5.56 Å². The van der Waals surface area contributed by atoms with Gasteiger partial charge in [0.2, 0.25) is 0 Å². The molecule has 1 amide bonds. The second-order valence-corrected chi connectivity index (χ2v) is 6.58. The summed E-state index contributed by atoms with van der Waals surface area (Å²) in [7, 11) is 0. The first kappa shape index (κ1) is 21.2. The molecule has 1 atom stereocenters. The second kappa shape index (κ2) is 10.2. The number of benzene rings is 1. The standard InChI is InChI=1S/C17H22INO6/c1-12(14(20)24-10-17(2,3)15(21)25-11-18)19-16(22)23-9-13-7-5-4-6-8-13/h4-8,12H,9-11H2,1-3H3,(H,19,22)/t12-/m0/s1. The van der Waals surface area contributed by atoms with E-state index in [1.807, 2.05) is 52.9 Å². The zero-order valence-corrected chi connectivity index (χ0v) is 16.6. The number of esters is 2. The quantitative estimate of drug-likeness (QED) is 0.276. The lowest BCUT2D eigenvalue weighted by atomic mass is 9.95. The van der Waals surface area contributed by atoms with Crippen LogP contribution in [0.1, 0.15) is 26.3 Å². The van der Waals surface area contributed by atoms with Gasteiger partial charge in [0.1, 0.15) is 23.9 Å². The van der Waals surface area contributed by atoms with E-state index >= 15 is 0 Å². The third kappa shape index (κ3) is 7.72. The van der Waals surface area contributed by atoms with Gasteiger partial charge >= 0.3 is 18.0 Å². The van der Waals surface area contributed by atoms with Crippen LogP contribution in [-0.2, 0) is 30.4 Å². The van der Waals surface area contributed by atoms with Gasteiger partial charge in [0.15, 0.2) is 0 Å². The number of carbonyl (C=O) groups is 3. The maximum absolute atomic E-state index is 11.9. The third-order valence-corrected chi connectivity index (χ3v) is 3.53. The Labute approximate surface area is 160 Å². The molecule has 0 unspecified atom stereocenters. The lowest BCUT2D eigenvalue weighted by Gasteiger charge is -2.22. The molecule has 1 N–H and O–H groups in total. The van der Waals surface area contributed by atoms with Crippen molar-refractivity contribution in [2.45, 2.75) is 33.4 Å². The highest BCUT2D eigenvalue weighted by Crippen LogP contribution is 2.18. The first-order chi connectivity index (χ1) is 11.8. The molecule has 0 heterocycles. The molecule has 0 aromatic heterocycles. The van der Waals surface area contributed by atoms with E-state index in [0.29, 0.717) is 0 Å². The fourth-order valence-corrected chi connectivity index (χ4v) is 1.96. The number of alkyl carbamates (subject to hydrolysis) is 1. The molecule has 0 fully saturated rings. The Morgan fingerprint density at radius 3 is 2.36 bits per heavy atom. The first-order valence-electron chi connectivity index (χ1n) is 7.63. The van der Waals surface area contributed by atoms with E-state index in [1.54, 1.807) is 13.8 Å². The molecule has 1 rings (SSSR count). The van der Waals surface area contributed by atoms with Crippen LogP contribution in [0.5, 0.6) is 0 Å². The average Bonchev–Trinajstić information content (AvgIpc) is 2.59. The van der Waals surface area contributed by atoms with Gasteiger partial charge in [0.25, 0.3) is 0 Å². The summed E-state index contributed by atoms with van der Waals surface area (Å²) in [4.78, 5) is 35.4. The minimum atomic E-state index is -0.964. The molecular formula is C17H22INO6. The van der Waals surface area contributed by atoms with Gasteiger partial charge in [-0.1, -0.05) is 30.3 Å². The number of hydrogen-bond acceptors (Lipinski definition) is 6. The molecule has 25 heavy (non-hydrogen) atoms. The molecule has 0 aliphatic rings. The highest BCUT2D eigenvalue weighted by Gasteiger charge is 2.32. The van der Waals surface area contributed by atoms with Crippen molar-refractivity contribution in [1.82, 2.24) is 5.32 Å². The van der Waals surface area contributed by atoms with E-state index in [9.17, 15) is 14.4 Å². The van der Waals surface area contributed by atoms with Crippen molar-refractivity contribution in [2.75, 3.05) is 11.2 Å². The van der Waals surface area contributed by atoms with Gasteiger partial charge in [0, 0.05) is 0 Å². The van der Waals surface area contributed by atoms with Crippen molar-refractivity contribution in [3.8, 4) is 0 Å². The summed E-state index contributed by atoms with van der Waals surface area (Å²) in [6, 6.07) is 8.27. The van der Waals surface area contributed by atoms with Gasteiger partial charge in [-0.2, -0.15) is 0 Å². The van der Waals surface area contributed by atoms with E-state index in [2.05, 4.69) is 5.32 Å². The molecule has 7 nitrogen and oxygen atoms in total. The predicted molar refractivity (Wildman–Crippen MR) is 98.9 cm³/mol. The van der Waals surface area contributed by atoms with Gasteiger partial charge in [-0.15, -0.1) is 0 Å². The van der Waals surface area contributed by atoms with Crippen LogP contribution in [0.2, 0.25) is 0 Å². The van der Waals surface area contributed by atoms with Crippen molar-refractivity contribution in [3.05, 3.63) is 35.9 Å². The van der Waals surface area contributed by atoms with Gasteiger partial charge in [-0.25, -0.2) is 9.59 Å². The van der Waals surface area contributed by atoms with Gasteiger partial charge in [-0.05, 0) is 48.9 Å². The van der Waals surface area contributed by atoms with Crippen molar-refractivity contribution >= 4 is 40.6 Å². The lowest BCUT2D eigenvalue weighted by molar-refractivity contribution is -0.160. The zero-order valence-electron chi connectivity index (χ0n) is 14.4. The first-order valence-corrected chi connectivity index (χ1v) is 9.16. The van der Waals surface area contributed by atoms with Crippen molar-refractivity contribution in [1.29, 1.82) is 0 Å². The van der Waals surface area contributed by atoms with Crippen LogP contribution in [0.15, 0.2) is 30.3 Å². The lowest BCUT2D eigenvalue weighted by Crippen LogP contribution is -2.41. The normalized spacial score (nSPS) is 12.0. The molecule has 0 aliphatic heterocycles. The molecule has 0 bridgehead atoms. The van der Waals surface area contributed by atoms with Crippen LogP contribution < -0.4 is 5.32 Å². The van der Waals surface area contributed by atoms with E-state index in [-0.39, 0.29) is 17.8 Å². The molecule has 138 valence electrons. The van der Waals surface area contributed by atoms with Crippen molar-refractivity contribution < 1.29 is 28.6 Å². The van der Waals surface area contributed by atoms with E-state index in [4.69, 9.17) is 14.2 Å². The Hall–Kier alpha value is -1.84. The average molecular weight is 463 g/mol. The largest absolute Gasteiger partial charge is 0.463 e. The number of hydrogen-bond donors (Lipinski definition) is 1. The van der Waals surface area contributed by atoms with Gasteiger partial charge in [-0.3, -0.25) is 4.79 Å². The number of halogens is 1. The highest BCUT2D eigenvalue weighted by molar-refractivity contribution is 14.1. The summed E-state index contributed by atoms with van der Waals surface area (Å²) in [6.45, 7) is 4.65.